The van der Waals surface area contributed by atoms with Crippen LogP contribution < -0.4 is 5.32 Å². The highest BCUT2D eigenvalue weighted by Gasteiger charge is 2.36. The van der Waals surface area contributed by atoms with Gasteiger partial charge in [-0.25, -0.2) is 8.78 Å². The van der Waals surface area contributed by atoms with Gasteiger partial charge in [0.25, 0.3) is 6.43 Å². The highest BCUT2D eigenvalue weighted by Crippen LogP contribution is 2.32. The lowest BCUT2D eigenvalue weighted by atomic mass is 9.96. The van der Waals surface area contributed by atoms with Crippen molar-refractivity contribution in [2.75, 3.05) is 19.6 Å². The lowest BCUT2D eigenvalue weighted by Gasteiger charge is -2.32. The molecule has 7 heteroatoms. The van der Waals surface area contributed by atoms with Crippen molar-refractivity contribution in [2.24, 2.45) is 11.8 Å². The van der Waals surface area contributed by atoms with E-state index in [1.165, 1.54) is 0 Å². The summed E-state index contributed by atoms with van der Waals surface area (Å²) >= 11 is 0. The topological polar surface area (TPSA) is 69.6 Å². The second-order valence-electron chi connectivity index (χ2n) is 5.54. The normalized spacial score (nSPS) is 24.6. The summed E-state index contributed by atoms with van der Waals surface area (Å²) in [7, 11) is 0. The molecule has 2 unspecified atom stereocenters. The Bertz CT molecular complexity index is 375. The van der Waals surface area contributed by atoms with E-state index in [-0.39, 0.29) is 23.7 Å². The molecule has 2 N–H and O–H groups in total. The first-order valence-electron chi connectivity index (χ1n) is 7.01. The van der Waals surface area contributed by atoms with Gasteiger partial charge in [0.1, 0.15) is 6.10 Å². The third-order valence-electron chi connectivity index (χ3n) is 3.81. The zero-order valence-corrected chi connectivity index (χ0v) is 11.2. The van der Waals surface area contributed by atoms with E-state index in [1.54, 1.807) is 4.90 Å². The molecule has 2 aliphatic rings. The number of rotatable bonds is 5. The molecule has 0 bridgehead atoms. The van der Waals surface area contributed by atoms with Gasteiger partial charge in [0.05, 0.1) is 5.92 Å². The van der Waals surface area contributed by atoms with Gasteiger partial charge in [-0.3, -0.25) is 9.59 Å². The molecule has 114 valence electrons. The van der Waals surface area contributed by atoms with Gasteiger partial charge in [-0.15, -0.1) is 0 Å². The molecule has 2 rings (SSSR count). The van der Waals surface area contributed by atoms with Crippen LogP contribution in [-0.4, -0.2) is 54.0 Å². The largest absolute Gasteiger partial charge is 0.385 e. The number of carbonyl (C=O) groups is 2. The number of amides is 2. The molecule has 2 amide bonds. The Morgan fingerprint density at radius 1 is 1.25 bits per heavy atom. The number of aliphatic hydroxyl groups is 1. The van der Waals surface area contributed by atoms with E-state index < -0.39 is 19.1 Å². The molecule has 2 fully saturated rings. The number of likely N-dealkylation sites (tertiary alicyclic amines) is 1. The predicted octanol–water partition coefficient (Wildman–Crippen LogP) is 0.377. The average Bonchev–Trinajstić information content (AvgIpc) is 3.28. The maximum absolute atomic E-state index is 12.1. The maximum Gasteiger partial charge on any atom is 0.265 e. The Balaban J connectivity index is 1.79. The molecular weight excluding hydrogens is 270 g/mol. The molecule has 0 aromatic rings. The van der Waals surface area contributed by atoms with Crippen LogP contribution in [0, 0.1) is 11.8 Å². The van der Waals surface area contributed by atoms with Crippen molar-refractivity contribution in [1.82, 2.24) is 10.2 Å². The number of hydrogen-bond acceptors (Lipinski definition) is 3. The Morgan fingerprint density at radius 2 is 1.95 bits per heavy atom. The fourth-order valence-electron chi connectivity index (χ4n) is 2.42. The minimum absolute atomic E-state index is 0.107. The van der Waals surface area contributed by atoms with Crippen LogP contribution in [0.5, 0.6) is 0 Å². The molecule has 2 atom stereocenters. The fourth-order valence-corrected chi connectivity index (χ4v) is 2.42. The number of piperidine rings is 1. The fraction of sp³-hybridized carbons (Fsp3) is 0.846. The molecule has 0 spiro atoms. The van der Waals surface area contributed by atoms with E-state index in [0.29, 0.717) is 19.5 Å². The van der Waals surface area contributed by atoms with Gasteiger partial charge in [-0.05, 0) is 25.7 Å². The van der Waals surface area contributed by atoms with Gasteiger partial charge in [-0.2, -0.15) is 0 Å². The number of aliphatic hydroxyl groups excluding tert-OH is 1. The summed E-state index contributed by atoms with van der Waals surface area (Å²) in [5.41, 5.74) is 0. The number of nitrogens with zero attached hydrogens (tertiary/aromatic N) is 1. The first-order chi connectivity index (χ1) is 9.49. The molecule has 1 aliphatic carbocycles. The van der Waals surface area contributed by atoms with Crippen molar-refractivity contribution in [3.63, 3.8) is 0 Å². The van der Waals surface area contributed by atoms with Crippen LogP contribution in [-0.2, 0) is 9.59 Å². The van der Waals surface area contributed by atoms with Crippen molar-refractivity contribution in [3.8, 4) is 0 Å². The van der Waals surface area contributed by atoms with E-state index in [4.69, 9.17) is 5.11 Å². The highest BCUT2D eigenvalue weighted by molar-refractivity contribution is 5.83. The minimum Gasteiger partial charge on any atom is -0.385 e. The second kappa shape index (κ2) is 6.47. The van der Waals surface area contributed by atoms with Gasteiger partial charge in [0.15, 0.2) is 0 Å². The summed E-state index contributed by atoms with van der Waals surface area (Å²) in [5, 5.41) is 11.3. The Morgan fingerprint density at radius 3 is 2.55 bits per heavy atom. The second-order valence-corrected chi connectivity index (χ2v) is 5.54. The lowest BCUT2D eigenvalue weighted by Crippen LogP contribution is -2.47. The first kappa shape index (κ1) is 15.2. The summed E-state index contributed by atoms with van der Waals surface area (Å²) in [4.78, 5) is 25.5. The summed E-state index contributed by atoms with van der Waals surface area (Å²) < 4.78 is 24.3. The van der Waals surface area contributed by atoms with Gasteiger partial charge in [-0.1, -0.05) is 0 Å². The van der Waals surface area contributed by atoms with Crippen LogP contribution in [0.3, 0.4) is 0 Å². The summed E-state index contributed by atoms with van der Waals surface area (Å²) in [5.74, 6) is -0.498. The van der Waals surface area contributed by atoms with E-state index in [2.05, 4.69) is 5.32 Å². The van der Waals surface area contributed by atoms with Crippen LogP contribution in [0.4, 0.5) is 8.78 Å². The minimum atomic E-state index is -2.87. The Kier molecular flexibility index (Phi) is 4.91. The molecule has 1 saturated heterocycles. The molecule has 0 radical (unpaired) electrons. The lowest BCUT2D eigenvalue weighted by molar-refractivity contribution is -0.137. The monoisotopic (exact) mass is 290 g/mol. The number of hydrogen-bond donors (Lipinski definition) is 2. The van der Waals surface area contributed by atoms with Gasteiger partial charge >= 0.3 is 0 Å². The molecule has 20 heavy (non-hydrogen) atoms. The van der Waals surface area contributed by atoms with Crippen LogP contribution >= 0.6 is 0 Å². The molecular formula is C13H20F2N2O3. The van der Waals surface area contributed by atoms with E-state index in [0.717, 1.165) is 19.3 Å². The quantitative estimate of drug-likeness (QED) is 0.769. The maximum atomic E-state index is 12.1. The van der Waals surface area contributed by atoms with Gasteiger partial charge in [0, 0.05) is 25.6 Å². The van der Waals surface area contributed by atoms with Crippen molar-refractivity contribution in [1.29, 1.82) is 0 Å². The Hall–Kier alpha value is -1.24. The number of alkyl halides is 2. The number of halogens is 2. The zero-order chi connectivity index (χ0) is 14.7. The van der Waals surface area contributed by atoms with E-state index >= 15 is 0 Å². The van der Waals surface area contributed by atoms with Crippen LogP contribution in [0.15, 0.2) is 0 Å². The molecule has 0 aromatic heterocycles. The van der Waals surface area contributed by atoms with E-state index in [9.17, 15) is 18.4 Å². The molecule has 1 aliphatic heterocycles. The third kappa shape index (κ3) is 3.88. The average molecular weight is 290 g/mol. The highest BCUT2D eigenvalue weighted by atomic mass is 19.3. The molecule has 1 saturated carbocycles. The zero-order valence-electron chi connectivity index (χ0n) is 11.2. The van der Waals surface area contributed by atoms with Crippen molar-refractivity contribution in [2.45, 2.75) is 38.2 Å². The van der Waals surface area contributed by atoms with Crippen LogP contribution in [0.1, 0.15) is 25.7 Å². The van der Waals surface area contributed by atoms with Crippen molar-refractivity contribution >= 4 is 11.8 Å². The van der Waals surface area contributed by atoms with E-state index in [1.807, 2.05) is 0 Å². The standard InChI is InChI=1S/C13H20F2N2O3/c14-11(15)10(18)6-16-12(19)9-2-1-5-17(7-9)13(20)8-3-4-8/h8-11,18H,1-7H2,(H,16,19). The molecule has 1 heterocycles. The number of nitrogens with one attached hydrogen (secondary N) is 1. The first-order valence-corrected chi connectivity index (χ1v) is 7.01. The predicted molar refractivity (Wildman–Crippen MR) is 67.0 cm³/mol. The smallest absolute Gasteiger partial charge is 0.265 e. The summed E-state index contributed by atoms with van der Waals surface area (Å²) in [6, 6.07) is 0. The van der Waals surface area contributed by atoms with Crippen molar-refractivity contribution in [3.05, 3.63) is 0 Å². The van der Waals surface area contributed by atoms with Crippen LogP contribution in [0.25, 0.3) is 0 Å². The molecule has 5 nitrogen and oxygen atoms in total. The van der Waals surface area contributed by atoms with Crippen LogP contribution in [0.2, 0.25) is 0 Å². The van der Waals surface area contributed by atoms with Crippen molar-refractivity contribution < 1.29 is 23.5 Å². The SMILES string of the molecule is O=C(NCC(O)C(F)F)C1CCCN(C(=O)C2CC2)C1. The summed E-state index contributed by atoms with van der Waals surface area (Å²) in [6.45, 7) is 0.564. The molecule has 0 aromatic carbocycles. The number of carbonyl (C=O) groups excluding carboxylic acids is 2. The van der Waals surface area contributed by atoms with Gasteiger partial charge in [0.2, 0.25) is 11.8 Å². The third-order valence-corrected chi connectivity index (χ3v) is 3.81. The summed E-state index contributed by atoms with van der Waals surface area (Å²) in [6.07, 6.45) is -1.47. The Labute approximate surface area is 116 Å². The van der Waals surface area contributed by atoms with Gasteiger partial charge < -0.3 is 15.3 Å².